The van der Waals surface area contributed by atoms with E-state index in [-0.39, 0.29) is 0 Å². The van der Waals surface area contributed by atoms with E-state index in [1.54, 1.807) is 0 Å². The van der Waals surface area contributed by atoms with Crippen molar-refractivity contribution >= 4 is 0 Å². The number of benzene rings is 1. The van der Waals surface area contributed by atoms with Crippen LogP contribution in [-0.2, 0) is 22.6 Å². The van der Waals surface area contributed by atoms with Gasteiger partial charge in [-0.1, -0.05) is 38.8 Å². The fraction of sp³-hybridized carbons (Fsp3) is 0.750. The molecule has 0 N–H and O–H groups in total. The minimum absolute atomic E-state index is 0.734. The second kappa shape index (κ2) is 13.2. The number of rotatable bonds is 12. The predicted octanol–water partition coefficient (Wildman–Crippen LogP) is 3.71. The normalized spacial score (nSPS) is 18.5. The molecule has 0 aromatic heterocycles. The van der Waals surface area contributed by atoms with Crippen LogP contribution in [0.15, 0.2) is 12.1 Å². The fourth-order valence-corrected chi connectivity index (χ4v) is 3.85. The van der Waals surface area contributed by atoms with Crippen molar-refractivity contribution in [2.75, 3.05) is 65.8 Å². The zero-order chi connectivity index (χ0) is 21.0. The van der Waals surface area contributed by atoms with Gasteiger partial charge in [-0.25, -0.2) is 0 Å². The first kappa shape index (κ1) is 23.3. The topological polar surface area (TPSA) is 43.4 Å². The highest BCUT2D eigenvalue weighted by Gasteiger charge is 2.22. The van der Waals surface area contributed by atoms with Crippen LogP contribution >= 0.6 is 0 Å². The van der Waals surface area contributed by atoms with E-state index in [0.717, 1.165) is 116 Å². The van der Waals surface area contributed by atoms with Crippen LogP contribution < -0.4 is 9.47 Å². The number of morpholine rings is 2. The van der Waals surface area contributed by atoms with E-state index < -0.39 is 0 Å². The summed E-state index contributed by atoms with van der Waals surface area (Å²) in [5.41, 5.74) is 2.45. The Bertz CT molecular complexity index is 560. The number of ether oxygens (including phenoxy) is 4. The zero-order valence-corrected chi connectivity index (χ0v) is 19.0. The van der Waals surface area contributed by atoms with Gasteiger partial charge in [0.15, 0.2) is 11.5 Å². The van der Waals surface area contributed by atoms with Gasteiger partial charge in [0.25, 0.3) is 0 Å². The van der Waals surface area contributed by atoms with Crippen LogP contribution in [0.25, 0.3) is 0 Å². The van der Waals surface area contributed by atoms with Crippen molar-refractivity contribution in [2.45, 2.75) is 52.6 Å². The van der Waals surface area contributed by atoms with Gasteiger partial charge >= 0.3 is 0 Å². The monoisotopic (exact) mass is 420 g/mol. The van der Waals surface area contributed by atoms with E-state index in [1.165, 1.54) is 11.1 Å². The number of hydrogen-bond donors (Lipinski definition) is 0. The lowest BCUT2D eigenvalue weighted by molar-refractivity contribution is 0.0329. The maximum Gasteiger partial charge on any atom is 0.165 e. The average Bonchev–Trinajstić information content (AvgIpc) is 2.78. The highest BCUT2D eigenvalue weighted by molar-refractivity contribution is 5.52. The van der Waals surface area contributed by atoms with Crippen molar-refractivity contribution in [3.63, 3.8) is 0 Å². The maximum absolute atomic E-state index is 6.38. The van der Waals surface area contributed by atoms with Crippen molar-refractivity contribution in [1.82, 2.24) is 9.80 Å². The van der Waals surface area contributed by atoms with E-state index in [2.05, 4.69) is 35.8 Å². The lowest BCUT2D eigenvalue weighted by Gasteiger charge is -2.30. The van der Waals surface area contributed by atoms with Crippen molar-refractivity contribution in [3.05, 3.63) is 23.3 Å². The third kappa shape index (κ3) is 7.12. The average molecular weight is 421 g/mol. The van der Waals surface area contributed by atoms with E-state index in [4.69, 9.17) is 18.9 Å². The number of hydrogen-bond acceptors (Lipinski definition) is 6. The van der Waals surface area contributed by atoms with Crippen molar-refractivity contribution < 1.29 is 18.9 Å². The van der Waals surface area contributed by atoms with Gasteiger partial charge in [0, 0.05) is 50.4 Å². The molecule has 0 saturated carbocycles. The summed E-state index contributed by atoms with van der Waals surface area (Å²) in [4.78, 5) is 4.89. The maximum atomic E-state index is 6.38. The van der Waals surface area contributed by atoms with Gasteiger partial charge in [-0.05, 0) is 12.8 Å². The molecule has 3 rings (SSSR count). The van der Waals surface area contributed by atoms with Crippen LogP contribution in [0.4, 0.5) is 0 Å². The van der Waals surface area contributed by atoms with E-state index >= 15 is 0 Å². The molecule has 0 amide bonds. The first-order valence-corrected chi connectivity index (χ1v) is 11.8. The Labute approximate surface area is 182 Å². The first-order chi connectivity index (χ1) is 14.8. The molecule has 6 heteroatoms. The Balaban J connectivity index is 1.84. The zero-order valence-electron chi connectivity index (χ0n) is 19.0. The van der Waals surface area contributed by atoms with Gasteiger partial charge in [0.2, 0.25) is 0 Å². The molecule has 0 spiro atoms. The molecule has 2 fully saturated rings. The van der Waals surface area contributed by atoms with Gasteiger partial charge in [-0.15, -0.1) is 0 Å². The molecule has 170 valence electrons. The lowest BCUT2D eigenvalue weighted by Crippen LogP contribution is -2.36. The summed E-state index contributed by atoms with van der Waals surface area (Å²) >= 11 is 0. The minimum atomic E-state index is 0.734. The van der Waals surface area contributed by atoms with Crippen molar-refractivity contribution in [3.8, 4) is 11.5 Å². The van der Waals surface area contributed by atoms with Crippen LogP contribution in [0, 0.1) is 0 Å². The van der Waals surface area contributed by atoms with Gasteiger partial charge in [-0.2, -0.15) is 0 Å². The fourth-order valence-electron chi connectivity index (χ4n) is 3.85. The molecule has 30 heavy (non-hydrogen) atoms. The molecule has 6 nitrogen and oxygen atoms in total. The third-order valence-electron chi connectivity index (χ3n) is 5.76. The summed E-state index contributed by atoms with van der Waals surface area (Å²) in [6, 6.07) is 4.50. The number of nitrogens with zero attached hydrogens (tertiary/aromatic N) is 2. The molecule has 0 unspecified atom stereocenters. The molecule has 0 bridgehead atoms. The third-order valence-corrected chi connectivity index (χ3v) is 5.76. The largest absolute Gasteiger partial charge is 0.489 e. The van der Waals surface area contributed by atoms with Gasteiger partial charge in [0.05, 0.1) is 39.6 Å². The summed E-state index contributed by atoms with van der Waals surface area (Å²) in [6.07, 6.45) is 4.36. The van der Waals surface area contributed by atoms with Gasteiger partial charge < -0.3 is 18.9 Å². The first-order valence-electron chi connectivity index (χ1n) is 11.8. The quantitative estimate of drug-likeness (QED) is 0.480. The van der Waals surface area contributed by atoms with Crippen LogP contribution in [0.3, 0.4) is 0 Å². The Hall–Kier alpha value is -1.34. The highest BCUT2D eigenvalue weighted by atomic mass is 16.5. The molecule has 2 aliphatic heterocycles. The highest BCUT2D eigenvalue weighted by Crippen LogP contribution is 2.37. The van der Waals surface area contributed by atoms with Gasteiger partial charge in [0.1, 0.15) is 0 Å². The SMILES string of the molecule is CCCCOc1c(CN2CCOCC2)ccc(CN2CCOCC2)c1OCCCC. The smallest absolute Gasteiger partial charge is 0.165 e. The standard InChI is InChI=1S/C24H40N2O4/c1-3-5-13-29-23-21(19-25-9-15-27-16-10-25)7-8-22(24(23)30-14-6-4-2)20-26-11-17-28-18-12-26/h7-8H,3-6,9-20H2,1-2H3. The summed E-state index contributed by atoms with van der Waals surface area (Å²) in [5, 5.41) is 0. The lowest BCUT2D eigenvalue weighted by atomic mass is 10.1. The molecule has 0 radical (unpaired) electrons. The molecule has 2 heterocycles. The van der Waals surface area contributed by atoms with E-state index in [9.17, 15) is 0 Å². The Morgan fingerprint density at radius 3 is 1.47 bits per heavy atom. The second-order valence-corrected chi connectivity index (χ2v) is 8.22. The van der Waals surface area contributed by atoms with Crippen LogP contribution in [0.1, 0.15) is 50.7 Å². The molecule has 2 saturated heterocycles. The Kier molecular flexibility index (Phi) is 10.2. The molecule has 0 aliphatic carbocycles. The summed E-state index contributed by atoms with van der Waals surface area (Å²) < 4.78 is 23.8. The van der Waals surface area contributed by atoms with Crippen molar-refractivity contribution in [1.29, 1.82) is 0 Å². The van der Waals surface area contributed by atoms with E-state index in [0.29, 0.717) is 0 Å². The Morgan fingerprint density at radius 1 is 0.700 bits per heavy atom. The number of unbranched alkanes of at least 4 members (excludes halogenated alkanes) is 2. The molecular formula is C24H40N2O4. The minimum Gasteiger partial charge on any atom is -0.489 e. The van der Waals surface area contributed by atoms with Gasteiger partial charge in [-0.3, -0.25) is 9.80 Å². The summed E-state index contributed by atoms with van der Waals surface area (Å²) in [5.74, 6) is 1.91. The molecule has 0 atom stereocenters. The van der Waals surface area contributed by atoms with E-state index in [1.807, 2.05) is 0 Å². The molecular weight excluding hydrogens is 380 g/mol. The molecule has 1 aromatic carbocycles. The Morgan fingerprint density at radius 2 is 1.10 bits per heavy atom. The summed E-state index contributed by atoms with van der Waals surface area (Å²) in [6.45, 7) is 14.7. The predicted molar refractivity (Wildman–Crippen MR) is 119 cm³/mol. The van der Waals surface area contributed by atoms with Crippen molar-refractivity contribution in [2.24, 2.45) is 0 Å². The van der Waals surface area contributed by atoms with Crippen LogP contribution in [0.2, 0.25) is 0 Å². The molecule has 1 aromatic rings. The molecule has 2 aliphatic rings. The second-order valence-electron chi connectivity index (χ2n) is 8.22. The van der Waals surface area contributed by atoms with Crippen LogP contribution in [0.5, 0.6) is 11.5 Å². The summed E-state index contributed by atoms with van der Waals surface area (Å²) in [7, 11) is 0. The van der Waals surface area contributed by atoms with Crippen LogP contribution in [-0.4, -0.2) is 75.6 Å².